The summed E-state index contributed by atoms with van der Waals surface area (Å²) in [6.07, 6.45) is 6.00. The molecule has 0 aromatic carbocycles. The molecule has 6 nitrogen and oxygen atoms in total. The largest absolute Gasteiger partial charge is 0.478 e. The fraction of sp³-hybridized carbons (Fsp3) is 0.647. The van der Waals surface area contributed by atoms with Crippen LogP contribution in [0.2, 0.25) is 0 Å². The highest BCUT2D eigenvalue weighted by molar-refractivity contribution is 5.32. The minimum atomic E-state index is -0.280. The van der Waals surface area contributed by atoms with Crippen LogP contribution in [0.1, 0.15) is 26.2 Å². The molecule has 1 saturated heterocycles. The number of allylic oxidation sites excluding steroid dienone is 1. The molecule has 128 valence electrons. The second-order valence-electron chi connectivity index (χ2n) is 5.79. The highest BCUT2D eigenvalue weighted by atomic mass is 16.5. The summed E-state index contributed by atoms with van der Waals surface area (Å²) in [6.45, 7) is 10.7. The third kappa shape index (κ3) is 5.80. The number of hydrogen-bond donors (Lipinski definition) is 1. The van der Waals surface area contributed by atoms with Crippen molar-refractivity contribution in [2.45, 2.75) is 32.3 Å². The zero-order valence-electron chi connectivity index (χ0n) is 14.0. The molecule has 0 radical (unpaired) electrons. The Balaban J connectivity index is 1.88. The normalized spacial score (nSPS) is 17.6. The van der Waals surface area contributed by atoms with E-state index in [-0.39, 0.29) is 6.10 Å². The number of aliphatic hydroxyl groups is 1. The van der Waals surface area contributed by atoms with Crippen molar-refractivity contribution in [3.63, 3.8) is 0 Å². The number of rotatable bonds is 8. The van der Waals surface area contributed by atoms with Gasteiger partial charge >= 0.3 is 0 Å². The van der Waals surface area contributed by atoms with Crippen LogP contribution in [-0.4, -0.2) is 65.4 Å². The second kappa shape index (κ2) is 9.47. The Morgan fingerprint density at radius 2 is 2.26 bits per heavy atom. The van der Waals surface area contributed by atoms with Crippen molar-refractivity contribution >= 4 is 5.95 Å². The molecule has 6 heteroatoms. The Morgan fingerprint density at radius 1 is 1.39 bits per heavy atom. The highest BCUT2D eigenvalue weighted by Crippen LogP contribution is 2.15. The van der Waals surface area contributed by atoms with Crippen molar-refractivity contribution in [3.05, 3.63) is 24.9 Å². The van der Waals surface area contributed by atoms with Gasteiger partial charge in [-0.3, -0.25) is 4.90 Å². The Morgan fingerprint density at radius 3 is 3.04 bits per heavy atom. The molecule has 23 heavy (non-hydrogen) atoms. The van der Waals surface area contributed by atoms with E-state index in [4.69, 9.17) is 4.74 Å². The lowest BCUT2D eigenvalue weighted by molar-refractivity contribution is 0.110. The predicted molar refractivity (Wildman–Crippen MR) is 91.9 cm³/mol. The number of hydrogen-bond acceptors (Lipinski definition) is 6. The van der Waals surface area contributed by atoms with Gasteiger partial charge < -0.3 is 14.7 Å². The van der Waals surface area contributed by atoms with E-state index in [9.17, 15) is 5.11 Å². The average Bonchev–Trinajstić information content (AvgIpc) is 2.79. The molecule has 0 aliphatic carbocycles. The maximum absolute atomic E-state index is 10.1. The van der Waals surface area contributed by atoms with Gasteiger partial charge in [-0.15, -0.1) is 6.58 Å². The van der Waals surface area contributed by atoms with Gasteiger partial charge in [0, 0.05) is 38.4 Å². The first kappa shape index (κ1) is 17.7. The summed E-state index contributed by atoms with van der Waals surface area (Å²) in [7, 11) is 0. The molecule has 0 spiro atoms. The van der Waals surface area contributed by atoms with E-state index >= 15 is 0 Å². The fourth-order valence-corrected chi connectivity index (χ4v) is 2.77. The second-order valence-corrected chi connectivity index (χ2v) is 5.79. The van der Waals surface area contributed by atoms with E-state index in [0.29, 0.717) is 12.5 Å². The first-order chi connectivity index (χ1) is 11.2. The van der Waals surface area contributed by atoms with Gasteiger partial charge in [0.1, 0.15) is 0 Å². The molecule has 1 atom stereocenters. The van der Waals surface area contributed by atoms with Gasteiger partial charge in [0.15, 0.2) is 0 Å². The van der Waals surface area contributed by atoms with Crippen LogP contribution in [0.3, 0.4) is 0 Å². The van der Waals surface area contributed by atoms with Crippen molar-refractivity contribution in [1.82, 2.24) is 14.9 Å². The van der Waals surface area contributed by atoms with Gasteiger partial charge in [0.25, 0.3) is 0 Å². The van der Waals surface area contributed by atoms with Crippen molar-refractivity contribution < 1.29 is 9.84 Å². The van der Waals surface area contributed by atoms with Crippen LogP contribution in [0.5, 0.6) is 5.88 Å². The monoisotopic (exact) mass is 320 g/mol. The summed E-state index contributed by atoms with van der Waals surface area (Å²) in [6, 6.07) is 1.78. The van der Waals surface area contributed by atoms with E-state index in [1.807, 2.05) is 13.0 Å². The lowest BCUT2D eigenvalue weighted by Crippen LogP contribution is -2.36. The van der Waals surface area contributed by atoms with E-state index in [2.05, 4.69) is 26.3 Å². The quantitative estimate of drug-likeness (QED) is 0.736. The SMILES string of the molecule is C=CCCC(O)CN1CCCN(c2nccc(OCC)n2)CC1. The van der Waals surface area contributed by atoms with Gasteiger partial charge in [0.2, 0.25) is 11.8 Å². The van der Waals surface area contributed by atoms with Crippen LogP contribution >= 0.6 is 0 Å². The molecule has 2 heterocycles. The van der Waals surface area contributed by atoms with E-state index in [1.165, 1.54) is 0 Å². The number of β-amino-alcohol motifs (C(OH)–C–C–N with tert-alkyl or cyclic N) is 1. The molecular weight excluding hydrogens is 292 g/mol. The van der Waals surface area contributed by atoms with E-state index in [1.54, 1.807) is 12.3 Å². The van der Waals surface area contributed by atoms with Crippen LogP contribution in [0, 0.1) is 0 Å². The predicted octanol–water partition coefficient (Wildman–Crippen LogP) is 1.71. The van der Waals surface area contributed by atoms with E-state index < -0.39 is 0 Å². The standard InChI is InChI=1S/C17H28N4O2/c1-3-5-7-15(22)14-20-10-6-11-21(13-12-20)17-18-9-8-16(19-17)23-4-2/h3,8-9,15,22H,1,4-7,10-14H2,2H3. The lowest BCUT2D eigenvalue weighted by atomic mass is 10.2. The number of nitrogens with zero attached hydrogens (tertiary/aromatic N) is 4. The van der Waals surface area contributed by atoms with Gasteiger partial charge in [-0.25, -0.2) is 4.98 Å². The molecule has 1 unspecified atom stereocenters. The summed E-state index contributed by atoms with van der Waals surface area (Å²) >= 11 is 0. The molecule has 1 aromatic rings. The van der Waals surface area contributed by atoms with Gasteiger partial charge in [-0.1, -0.05) is 6.08 Å². The van der Waals surface area contributed by atoms with Crippen molar-refractivity contribution in [2.24, 2.45) is 0 Å². The summed E-state index contributed by atoms with van der Waals surface area (Å²) in [5.41, 5.74) is 0. The zero-order valence-corrected chi connectivity index (χ0v) is 14.0. The van der Waals surface area contributed by atoms with Crippen molar-refractivity contribution in [1.29, 1.82) is 0 Å². The van der Waals surface area contributed by atoms with Crippen molar-refractivity contribution in [2.75, 3.05) is 44.2 Å². The van der Waals surface area contributed by atoms with Crippen LogP contribution in [-0.2, 0) is 0 Å². The fourth-order valence-electron chi connectivity index (χ4n) is 2.77. The molecule has 1 N–H and O–H groups in total. The van der Waals surface area contributed by atoms with Crippen LogP contribution in [0.15, 0.2) is 24.9 Å². The number of aliphatic hydroxyl groups excluding tert-OH is 1. The van der Waals surface area contributed by atoms with Gasteiger partial charge in [0.05, 0.1) is 12.7 Å². The maximum Gasteiger partial charge on any atom is 0.228 e. The lowest BCUT2D eigenvalue weighted by Gasteiger charge is -2.24. The Kier molecular flexibility index (Phi) is 7.29. The van der Waals surface area contributed by atoms with Gasteiger partial charge in [-0.2, -0.15) is 4.98 Å². The molecule has 1 aliphatic heterocycles. The van der Waals surface area contributed by atoms with Crippen LogP contribution in [0.4, 0.5) is 5.95 Å². The topological polar surface area (TPSA) is 61.7 Å². The summed E-state index contributed by atoms with van der Waals surface area (Å²) < 4.78 is 5.45. The molecule has 1 aromatic heterocycles. The maximum atomic E-state index is 10.1. The smallest absolute Gasteiger partial charge is 0.228 e. The number of aromatic nitrogens is 2. The Hall–Kier alpha value is -1.66. The molecule has 0 bridgehead atoms. The number of anilines is 1. The highest BCUT2D eigenvalue weighted by Gasteiger charge is 2.19. The van der Waals surface area contributed by atoms with E-state index in [0.717, 1.165) is 57.9 Å². The van der Waals surface area contributed by atoms with Gasteiger partial charge in [-0.05, 0) is 32.7 Å². The third-order valence-corrected chi connectivity index (χ3v) is 3.95. The van der Waals surface area contributed by atoms with Crippen LogP contribution < -0.4 is 9.64 Å². The average molecular weight is 320 g/mol. The summed E-state index contributed by atoms with van der Waals surface area (Å²) in [4.78, 5) is 13.3. The Labute approximate surface area is 138 Å². The van der Waals surface area contributed by atoms with Crippen molar-refractivity contribution in [3.8, 4) is 5.88 Å². The first-order valence-electron chi connectivity index (χ1n) is 8.45. The minimum Gasteiger partial charge on any atom is -0.478 e. The number of ether oxygens (including phenoxy) is 1. The first-order valence-corrected chi connectivity index (χ1v) is 8.45. The molecule has 1 fully saturated rings. The zero-order chi connectivity index (χ0) is 16.5. The third-order valence-electron chi connectivity index (χ3n) is 3.95. The molecular formula is C17H28N4O2. The summed E-state index contributed by atoms with van der Waals surface area (Å²) in [5.74, 6) is 1.35. The molecule has 0 saturated carbocycles. The summed E-state index contributed by atoms with van der Waals surface area (Å²) in [5, 5.41) is 10.1. The molecule has 0 amide bonds. The Bertz CT molecular complexity index is 483. The van der Waals surface area contributed by atoms with Crippen LogP contribution in [0.25, 0.3) is 0 Å². The minimum absolute atomic E-state index is 0.280. The molecule has 1 aliphatic rings. The molecule has 2 rings (SSSR count).